The van der Waals surface area contributed by atoms with Gasteiger partial charge in [0.1, 0.15) is 29.7 Å². The molecule has 7 rings (SSSR count). The van der Waals surface area contributed by atoms with E-state index in [1.54, 1.807) is 13.2 Å². The molecular formula is C40H53BrN4O7. The molecule has 11 nitrogen and oxygen atoms in total. The first-order valence-electron chi connectivity index (χ1n) is 18.4. The summed E-state index contributed by atoms with van der Waals surface area (Å²) in [6.07, 6.45) is 6.61. The monoisotopic (exact) mass is 780 g/mol. The highest BCUT2D eigenvalue weighted by Gasteiger charge is 2.48. The number of aliphatic hydroxyl groups is 2. The van der Waals surface area contributed by atoms with E-state index in [4.69, 9.17) is 9.47 Å². The fraction of sp³-hybridized carbons (Fsp3) is 0.500. The number of anilines is 2. The third kappa shape index (κ3) is 9.34. The molecule has 282 valence electrons. The maximum Gasteiger partial charge on any atom is 0.230 e. The zero-order valence-corrected chi connectivity index (χ0v) is 31.5. The Morgan fingerprint density at radius 1 is 1.04 bits per heavy atom. The number of hydrogen-bond donors (Lipinski definition) is 6. The number of methoxy groups -OCH3 is 1. The number of ether oxygens (including phenoxy) is 2. The lowest BCUT2D eigenvalue weighted by Gasteiger charge is -2.52. The van der Waals surface area contributed by atoms with E-state index in [1.807, 2.05) is 48.5 Å². The molecule has 3 aromatic rings. The second kappa shape index (κ2) is 18.0. The number of phenols is 1. The van der Waals surface area contributed by atoms with E-state index < -0.39 is 11.7 Å². The van der Waals surface area contributed by atoms with Crippen molar-refractivity contribution < 1.29 is 55.8 Å². The minimum absolute atomic E-state index is 0. The van der Waals surface area contributed by atoms with Gasteiger partial charge in [-0.2, -0.15) is 0 Å². The molecule has 4 aliphatic rings. The number of carbonyl (C=O) groups is 2. The summed E-state index contributed by atoms with van der Waals surface area (Å²) in [5.41, 5.74) is 2.28. The molecule has 3 aliphatic heterocycles. The number of piperidine rings is 3. The molecule has 4 fully saturated rings. The molecule has 12 heteroatoms. The molecule has 6 N–H and O–H groups in total. The minimum atomic E-state index is -0.975. The Labute approximate surface area is 317 Å². The molecule has 0 radical (unpaired) electrons. The van der Waals surface area contributed by atoms with Gasteiger partial charge in [0.05, 0.1) is 51.6 Å². The van der Waals surface area contributed by atoms with Crippen LogP contribution in [0.15, 0.2) is 66.7 Å². The molecule has 52 heavy (non-hydrogen) atoms. The Morgan fingerprint density at radius 3 is 2.50 bits per heavy atom. The third-order valence-electron chi connectivity index (χ3n) is 11.5. The summed E-state index contributed by atoms with van der Waals surface area (Å²) in [5.74, 6) is 1.21. The minimum Gasteiger partial charge on any atom is -1.00 e. The first-order chi connectivity index (χ1) is 24.7. The molecular weight excluding hydrogens is 728 g/mol. The Morgan fingerprint density at radius 2 is 1.79 bits per heavy atom. The maximum absolute atomic E-state index is 13.2. The fourth-order valence-corrected chi connectivity index (χ4v) is 8.46. The molecule has 3 aromatic carbocycles. The highest BCUT2D eigenvalue weighted by Crippen LogP contribution is 2.43. The Balaban J connectivity index is 0.00000523. The lowest BCUT2D eigenvalue weighted by Crippen LogP contribution is -3.00. The number of aromatic hydroxyl groups is 1. The Bertz CT molecular complexity index is 1630. The van der Waals surface area contributed by atoms with Crippen molar-refractivity contribution >= 4 is 23.7 Å². The van der Waals surface area contributed by atoms with E-state index in [0.29, 0.717) is 48.9 Å². The number of fused-ring (bicyclic) bond motifs is 3. The van der Waals surface area contributed by atoms with E-state index >= 15 is 0 Å². The molecule has 0 spiro atoms. The third-order valence-corrected chi connectivity index (χ3v) is 11.5. The first-order valence-corrected chi connectivity index (χ1v) is 18.4. The van der Waals surface area contributed by atoms with Crippen molar-refractivity contribution in [2.45, 2.75) is 69.3 Å². The van der Waals surface area contributed by atoms with Gasteiger partial charge < -0.3 is 62.2 Å². The van der Waals surface area contributed by atoms with Gasteiger partial charge in [0, 0.05) is 49.2 Å². The molecule has 3 saturated heterocycles. The molecule has 0 unspecified atom stereocenters. The van der Waals surface area contributed by atoms with Crippen LogP contribution in [0.5, 0.6) is 11.5 Å². The van der Waals surface area contributed by atoms with Gasteiger partial charge in [0.2, 0.25) is 12.3 Å². The van der Waals surface area contributed by atoms with Gasteiger partial charge in [-0.1, -0.05) is 55.3 Å². The van der Waals surface area contributed by atoms with Gasteiger partial charge in [-0.25, -0.2) is 0 Å². The van der Waals surface area contributed by atoms with Crippen molar-refractivity contribution in [3.8, 4) is 11.5 Å². The number of carbonyl (C=O) groups excluding carboxylic acids is 2. The molecule has 2 amide bonds. The van der Waals surface area contributed by atoms with Crippen LogP contribution in [0.4, 0.5) is 11.4 Å². The molecule has 1 aliphatic carbocycles. The van der Waals surface area contributed by atoms with Gasteiger partial charge >= 0.3 is 0 Å². The van der Waals surface area contributed by atoms with Crippen molar-refractivity contribution in [2.24, 2.45) is 11.8 Å². The van der Waals surface area contributed by atoms with E-state index in [1.165, 1.54) is 12.1 Å². The highest BCUT2D eigenvalue weighted by molar-refractivity contribution is 5.91. The van der Waals surface area contributed by atoms with Gasteiger partial charge in [-0.3, -0.25) is 9.59 Å². The summed E-state index contributed by atoms with van der Waals surface area (Å²) in [7, 11) is 1.58. The number of benzene rings is 3. The van der Waals surface area contributed by atoms with Crippen LogP contribution in [-0.2, 0) is 26.5 Å². The van der Waals surface area contributed by atoms with Crippen molar-refractivity contribution in [1.82, 2.24) is 5.32 Å². The summed E-state index contributed by atoms with van der Waals surface area (Å²) in [5, 5.41) is 41.2. The van der Waals surface area contributed by atoms with Crippen LogP contribution in [0, 0.1) is 11.8 Å². The van der Waals surface area contributed by atoms with Crippen molar-refractivity contribution in [3.63, 3.8) is 0 Å². The normalized spacial score (nSPS) is 22.9. The predicted octanol–water partition coefficient (Wildman–Crippen LogP) is 1.83. The highest BCUT2D eigenvalue weighted by atomic mass is 79.9. The van der Waals surface area contributed by atoms with Gasteiger partial charge in [-0.15, -0.1) is 0 Å². The van der Waals surface area contributed by atoms with E-state index in [2.05, 4.69) is 16.0 Å². The fourth-order valence-electron chi connectivity index (χ4n) is 8.46. The number of phenolic OH excluding ortho intramolecular Hbond substituents is 1. The number of nitrogens with one attached hydrogen (secondary N) is 3. The molecule has 0 aromatic heterocycles. The first kappa shape index (κ1) is 39.7. The van der Waals surface area contributed by atoms with E-state index in [9.17, 15) is 24.9 Å². The topological polar surface area (TPSA) is 149 Å². The van der Waals surface area contributed by atoms with Crippen LogP contribution in [0.1, 0.15) is 67.7 Å². The number of rotatable bonds is 17. The Hall–Kier alpha value is -3.52. The maximum atomic E-state index is 13.2. The lowest BCUT2D eigenvalue weighted by molar-refractivity contribution is -0.946. The molecule has 3 heterocycles. The van der Waals surface area contributed by atoms with Gasteiger partial charge in [0.25, 0.3) is 0 Å². The van der Waals surface area contributed by atoms with Gasteiger partial charge in [0.15, 0.2) is 0 Å². The number of hydrogen-bond acceptors (Lipinski definition) is 8. The second-order valence-corrected chi connectivity index (χ2v) is 14.7. The average Bonchev–Trinajstić information content (AvgIpc) is 3.71. The Kier molecular flexibility index (Phi) is 13.7. The van der Waals surface area contributed by atoms with Crippen LogP contribution in [0.3, 0.4) is 0 Å². The predicted molar refractivity (Wildman–Crippen MR) is 195 cm³/mol. The smallest absolute Gasteiger partial charge is 0.230 e. The second-order valence-electron chi connectivity index (χ2n) is 14.7. The summed E-state index contributed by atoms with van der Waals surface area (Å²) >= 11 is 0. The summed E-state index contributed by atoms with van der Waals surface area (Å²) in [4.78, 5) is 24.0. The van der Waals surface area contributed by atoms with Crippen LogP contribution in [0.25, 0.3) is 0 Å². The quantitative estimate of drug-likeness (QED) is 0.0691. The number of quaternary nitrogens is 1. The zero-order chi connectivity index (χ0) is 35.8. The summed E-state index contributed by atoms with van der Waals surface area (Å²) in [6.45, 7) is 4.69. The standard InChI is InChI=1S/C40H52N4O7.BrH/c1-50-37-22-33(13-11-30(37)23-41-24-36(47)29-12-14-35(46)34(21-29)42-27-45)43-39(48)17-20-44-18-15-28(16-19-44)38(25-44)51-26-40(49,32-9-5-6-10-32)31-7-3-2-4-8-31;/h2-4,7-8,11-14,21-22,27-28,32,36,38,41,47,49H,5-6,9-10,15-20,23-26H2,1H3,(H2-,42,43,45,46,48);1H/t28?,36-,38-,40+,44?;/m0./s1. The number of amides is 2. The number of halogens is 1. The number of aliphatic hydroxyl groups excluding tert-OH is 1. The van der Waals surface area contributed by atoms with E-state index in [0.717, 1.165) is 80.3 Å². The lowest BCUT2D eigenvalue weighted by atomic mass is 9.80. The van der Waals surface area contributed by atoms with Crippen LogP contribution in [0.2, 0.25) is 0 Å². The zero-order valence-electron chi connectivity index (χ0n) is 29.9. The van der Waals surface area contributed by atoms with Crippen LogP contribution >= 0.6 is 0 Å². The molecule has 1 saturated carbocycles. The summed E-state index contributed by atoms with van der Waals surface area (Å²) < 4.78 is 13.2. The largest absolute Gasteiger partial charge is 1.00 e. The van der Waals surface area contributed by atoms with E-state index in [-0.39, 0.29) is 52.9 Å². The average molecular weight is 782 g/mol. The summed E-state index contributed by atoms with van der Waals surface area (Å²) in [6, 6.07) is 20.2. The SMILES string of the molecule is COc1cc(NC(=O)CC[N+]23CCC(CC2)[C@@H](OC[C@@](O)(c2ccccc2)C2CCCC2)C3)ccc1CNC[C@H](O)c1ccc(O)c(NC=O)c1.[Br-]. The van der Waals surface area contributed by atoms with Crippen molar-refractivity contribution in [3.05, 3.63) is 83.4 Å². The molecule has 2 bridgehead atoms. The van der Waals surface area contributed by atoms with Crippen molar-refractivity contribution in [1.29, 1.82) is 0 Å². The molecule has 3 atom stereocenters. The number of nitrogens with zero attached hydrogens (tertiary/aromatic N) is 1. The van der Waals surface area contributed by atoms with Crippen molar-refractivity contribution in [2.75, 3.05) is 57.1 Å². The van der Waals surface area contributed by atoms with Crippen LogP contribution < -0.4 is 37.7 Å². The van der Waals surface area contributed by atoms with Crippen LogP contribution in [-0.4, -0.2) is 84.7 Å². The van der Waals surface area contributed by atoms with Gasteiger partial charge in [-0.05, 0) is 48.1 Å².